The highest BCUT2D eigenvalue weighted by molar-refractivity contribution is 7.80. The Balaban J connectivity index is 1.42. The third-order valence-corrected chi connectivity index (χ3v) is 4.38. The minimum absolute atomic E-state index is 0.582. The lowest BCUT2D eigenvalue weighted by Gasteiger charge is -2.09. The van der Waals surface area contributed by atoms with E-state index >= 15 is 0 Å². The van der Waals surface area contributed by atoms with E-state index in [0.717, 1.165) is 31.7 Å². The molecule has 0 saturated carbocycles. The van der Waals surface area contributed by atoms with Gasteiger partial charge in [0.1, 0.15) is 0 Å². The van der Waals surface area contributed by atoms with E-state index in [1.54, 1.807) is 18.6 Å². The maximum Gasteiger partial charge on any atom is 0.170 e. The van der Waals surface area contributed by atoms with Crippen LogP contribution in [0.15, 0.2) is 49.1 Å². The van der Waals surface area contributed by atoms with Crippen LogP contribution in [0, 0.1) is 6.92 Å². The van der Waals surface area contributed by atoms with Gasteiger partial charge in [-0.3, -0.25) is 9.36 Å². The lowest BCUT2D eigenvalue weighted by Crippen LogP contribution is -2.29. The molecule has 26 heavy (non-hydrogen) atoms. The highest BCUT2D eigenvalue weighted by Crippen LogP contribution is 2.11. The van der Waals surface area contributed by atoms with Gasteiger partial charge in [-0.25, -0.2) is 0 Å². The Morgan fingerprint density at radius 3 is 2.73 bits per heavy atom. The van der Waals surface area contributed by atoms with E-state index < -0.39 is 0 Å². The molecule has 2 heterocycles. The van der Waals surface area contributed by atoms with Crippen LogP contribution in [-0.2, 0) is 13.1 Å². The van der Waals surface area contributed by atoms with E-state index in [-0.39, 0.29) is 0 Å². The molecule has 1 aromatic carbocycles. The summed E-state index contributed by atoms with van der Waals surface area (Å²) in [6.45, 7) is 4.38. The van der Waals surface area contributed by atoms with Gasteiger partial charge in [-0.1, -0.05) is 35.9 Å². The van der Waals surface area contributed by atoms with Gasteiger partial charge in [0, 0.05) is 25.5 Å². The Labute approximate surface area is 163 Å². The van der Waals surface area contributed by atoms with Crippen LogP contribution in [-0.4, -0.2) is 31.2 Å². The summed E-state index contributed by atoms with van der Waals surface area (Å²) in [5.74, 6) is 0. The van der Waals surface area contributed by atoms with Gasteiger partial charge < -0.3 is 10.6 Å². The van der Waals surface area contributed by atoms with E-state index in [9.17, 15) is 0 Å². The van der Waals surface area contributed by atoms with Gasteiger partial charge in [-0.15, -0.1) is 0 Å². The number of halogens is 1. The number of aryl methyl sites for hydroxylation is 2. The number of anilines is 1. The predicted octanol–water partition coefficient (Wildman–Crippen LogP) is 3.47. The second-order valence-electron chi connectivity index (χ2n) is 6.01. The number of nitrogens with one attached hydrogen (secondary N) is 2. The number of benzene rings is 1. The third kappa shape index (κ3) is 5.31. The molecule has 0 bridgehead atoms. The molecule has 0 fully saturated rings. The van der Waals surface area contributed by atoms with Gasteiger partial charge in [-0.05, 0) is 36.7 Å². The molecule has 2 aromatic heterocycles. The maximum atomic E-state index is 5.84. The van der Waals surface area contributed by atoms with Crippen molar-refractivity contribution < 1.29 is 0 Å². The Bertz CT molecular complexity index is 872. The molecule has 0 spiro atoms. The van der Waals surface area contributed by atoms with E-state index in [1.165, 1.54) is 11.1 Å². The van der Waals surface area contributed by atoms with Crippen LogP contribution in [0.5, 0.6) is 0 Å². The topological polar surface area (TPSA) is 59.7 Å². The minimum Gasteiger partial charge on any atom is -0.362 e. The van der Waals surface area contributed by atoms with Crippen LogP contribution < -0.4 is 10.6 Å². The fraction of sp³-hybridized carbons (Fsp3) is 0.278. The lowest BCUT2D eigenvalue weighted by atomic mass is 10.1. The number of hydrogen-bond acceptors (Lipinski definition) is 3. The first kappa shape index (κ1) is 18.4. The fourth-order valence-corrected chi connectivity index (χ4v) is 2.93. The van der Waals surface area contributed by atoms with Crippen LogP contribution in [0.25, 0.3) is 0 Å². The molecule has 0 aliphatic rings. The van der Waals surface area contributed by atoms with Crippen LogP contribution in [0.1, 0.15) is 17.5 Å². The molecule has 2 N–H and O–H groups in total. The number of aromatic nitrogens is 4. The Morgan fingerprint density at radius 1 is 1.15 bits per heavy atom. The lowest BCUT2D eigenvalue weighted by molar-refractivity contribution is 0.574. The van der Waals surface area contributed by atoms with Gasteiger partial charge >= 0.3 is 0 Å². The van der Waals surface area contributed by atoms with E-state index in [2.05, 4.69) is 39.9 Å². The van der Waals surface area contributed by atoms with Crippen molar-refractivity contribution in [3.8, 4) is 0 Å². The van der Waals surface area contributed by atoms with Gasteiger partial charge in [0.15, 0.2) is 5.11 Å². The molecule has 8 heteroatoms. The summed E-state index contributed by atoms with van der Waals surface area (Å²) < 4.78 is 3.71. The normalized spacial score (nSPS) is 10.7. The summed E-state index contributed by atoms with van der Waals surface area (Å²) >= 11 is 11.2. The molecule has 3 rings (SSSR count). The zero-order valence-corrected chi connectivity index (χ0v) is 16.1. The monoisotopic (exact) mass is 388 g/mol. The summed E-state index contributed by atoms with van der Waals surface area (Å²) in [5.41, 5.74) is 3.38. The Kier molecular flexibility index (Phi) is 6.25. The maximum absolute atomic E-state index is 5.84. The first-order chi connectivity index (χ1) is 12.6. The molecule has 0 saturated heterocycles. The molecule has 0 atom stereocenters. The highest BCUT2D eigenvalue weighted by Gasteiger charge is 2.04. The number of hydrogen-bond donors (Lipinski definition) is 2. The van der Waals surface area contributed by atoms with Crippen molar-refractivity contribution in [2.75, 3.05) is 11.9 Å². The molecule has 0 unspecified atom stereocenters. The molecule has 0 aliphatic carbocycles. The molecular formula is C18H21ClN6S. The van der Waals surface area contributed by atoms with E-state index in [1.807, 2.05) is 27.7 Å². The van der Waals surface area contributed by atoms with Gasteiger partial charge in [0.25, 0.3) is 0 Å². The summed E-state index contributed by atoms with van der Waals surface area (Å²) in [6, 6.07) is 8.30. The average Bonchev–Trinajstić information content (AvgIpc) is 3.23. The largest absolute Gasteiger partial charge is 0.362 e. The third-order valence-electron chi connectivity index (χ3n) is 3.94. The second kappa shape index (κ2) is 8.82. The summed E-state index contributed by atoms with van der Waals surface area (Å²) in [7, 11) is 0. The zero-order chi connectivity index (χ0) is 18.4. The van der Waals surface area contributed by atoms with Crippen LogP contribution in [0.4, 0.5) is 5.69 Å². The standard InChI is InChI=1S/C18H21ClN6S/c1-14-5-2-3-6-15(14)11-25-13-17(10-22-25)23-18(26)20-7-4-8-24-12-16(19)9-21-24/h2-3,5-6,9-10,12-13H,4,7-8,11H2,1H3,(H2,20,23,26). The number of rotatable bonds is 7. The van der Waals surface area contributed by atoms with Gasteiger partial charge in [-0.2, -0.15) is 10.2 Å². The van der Waals surface area contributed by atoms with Crippen LogP contribution >= 0.6 is 23.8 Å². The molecule has 0 aliphatic heterocycles. The average molecular weight is 389 g/mol. The van der Waals surface area contributed by atoms with E-state index in [0.29, 0.717) is 10.1 Å². The number of nitrogens with zero attached hydrogens (tertiary/aromatic N) is 4. The molecular weight excluding hydrogens is 368 g/mol. The Hall–Kier alpha value is -2.38. The molecule has 0 radical (unpaired) electrons. The molecule has 3 aromatic rings. The molecule has 6 nitrogen and oxygen atoms in total. The van der Waals surface area contributed by atoms with Crippen molar-refractivity contribution in [3.05, 3.63) is 65.2 Å². The summed E-state index contributed by atoms with van der Waals surface area (Å²) in [4.78, 5) is 0. The summed E-state index contributed by atoms with van der Waals surface area (Å²) in [6.07, 6.45) is 8.06. The van der Waals surface area contributed by atoms with Gasteiger partial charge in [0.05, 0.1) is 29.6 Å². The highest BCUT2D eigenvalue weighted by atomic mass is 35.5. The molecule has 136 valence electrons. The smallest absolute Gasteiger partial charge is 0.170 e. The van der Waals surface area contributed by atoms with Crippen molar-refractivity contribution in [3.63, 3.8) is 0 Å². The van der Waals surface area contributed by atoms with Gasteiger partial charge in [0.2, 0.25) is 0 Å². The first-order valence-corrected chi connectivity index (χ1v) is 9.18. The van der Waals surface area contributed by atoms with Crippen molar-refractivity contribution in [2.24, 2.45) is 0 Å². The fourth-order valence-electron chi connectivity index (χ4n) is 2.56. The number of thiocarbonyl (C=S) groups is 1. The predicted molar refractivity (Wildman–Crippen MR) is 109 cm³/mol. The SMILES string of the molecule is Cc1ccccc1Cn1cc(NC(=S)NCCCn2cc(Cl)cn2)cn1. The summed E-state index contributed by atoms with van der Waals surface area (Å²) in [5, 5.41) is 16.1. The van der Waals surface area contributed by atoms with Crippen LogP contribution in [0.2, 0.25) is 5.02 Å². The van der Waals surface area contributed by atoms with Crippen molar-refractivity contribution in [1.82, 2.24) is 24.9 Å². The van der Waals surface area contributed by atoms with Crippen molar-refractivity contribution >= 4 is 34.6 Å². The first-order valence-electron chi connectivity index (χ1n) is 8.40. The molecule has 0 amide bonds. The van der Waals surface area contributed by atoms with Crippen molar-refractivity contribution in [1.29, 1.82) is 0 Å². The zero-order valence-electron chi connectivity index (χ0n) is 14.5. The Morgan fingerprint density at radius 2 is 1.96 bits per heavy atom. The van der Waals surface area contributed by atoms with Crippen molar-refractivity contribution in [2.45, 2.75) is 26.4 Å². The van der Waals surface area contributed by atoms with Crippen LogP contribution in [0.3, 0.4) is 0 Å². The second-order valence-corrected chi connectivity index (χ2v) is 6.85. The van der Waals surface area contributed by atoms with E-state index in [4.69, 9.17) is 23.8 Å². The minimum atomic E-state index is 0.582. The quantitative estimate of drug-likeness (QED) is 0.479.